The second-order valence-electron chi connectivity index (χ2n) is 6.19. The Hall–Kier alpha value is -2.90. The first-order valence-electron chi connectivity index (χ1n) is 8.83. The van der Waals surface area contributed by atoms with Gasteiger partial charge >= 0.3 is 5.97 Å². The van der Waals surface area contributed by atoms with Gasteiger partial charge in [0.25, 0.3) is 0 Å². The number of carbonyl (C=O) groups excluding carboxylic acids is 2. The number of esters is 1. The maximum atomic E-state index is 12.5. The number of hydrogen-bond acceptors (Lipinski definition) is 6. The fraction of sp³-hybridized carbons (Fsp3) is 0.300. The molecule has 0 aliphatic carbocycles. The van der Waals surface area contributed by atoms with Gasteiger partial charge in [0.2, 0.25) is 5.91 Å². The zero-order chi connectivity index (χ0) is 19.2. The standard InChI is InChI=1S/C20H23N3O4/c1-3-27-16-9-7-13(8-10-16)17-12-18(23-22-17)19(24)21-15-6-4-5-14(11-15)20(25)26-2/h4-11,17-18,22-23H,3,12H2,1-2H3,(H,21,24). The molecule has 3 N–H and O–H groups in total. The third-order valence-corrected chi connectivity index (χ3v) is 4.36. The number of amides is 1. The molecule has 1 saturated heterocycles. The number of anilines is 1. The predicted molar refractivity (Wildman–Crippen MR) is 101 cm³/mol. The van der Waals surface area contributed by atoms with E-state index in [2.05, 4.69) is 16.2 Å². The van der Waals surface area contributed by atoms with Crippen LogP contribution in [0.4, 0.5) is 5.69 Å². The first-order chi connectivity index (χ1) is 13.1. The van der Waals surface area contributed by atoms with Gasteiger partial charge in [0.1, 0.15) is 11.8 Å². The molecule has 2 unspecified atom stereocenters. The van der Waals surface area contributed by atoms with Crippen molar-refractivity contribution in [1.82, 2.24) is 10.9 Å². The van der Waals surface area contributed by atoms with Crippen molar-refractivity contribution in [1.29, 1.82) is 0 Å². The molecule has 0 saturated carbocycles. The number of methoxy groups -OCH3 is 1. The number of hydrogen-bond donors (Lipinski definition) is 3. The van der Waals surface area contributed by atoms with Crippen LogP contribution < -0.4 is 20.9 Å². The Morgan fingerprint density at radius 2 is 1.93 bits per heavy atom. The third-order valence-electron chi connectivity index (χ3n) is 4.36. The fourth-order valence-electron chi connectivity index (χ4n) is 2.98. The van der Waals surface area contributed by atoms with E-state index >= 15 is 0 Å². The van der Waals surface area contributed by atoms with Crippen molar-refractivity contribution < 1.29 is 19.1 Å². The molecule has 0 bridgehead atoms. The minimum absolute atomic E-state index is 0.0258. The summed E-state index contributed by atoms with van der Waals surface area (Å²) < 4.78 is 10.2. The smallest absolute Gasteiger partial charge is 0.337 e. The van der Waals surface area contributed by atoms with Crippen LogP contribution in [0, 0.1) is 0 Å². The van der Waals surface area contributed by atoms with Gasteiger partial charge in [-0.05, 0) is 49.2 Å². The lowest BCUT2D eigenvalue weighted by molar-refractivity contribution is -0.117. The van der Waals surface area contributed by atoms with E-state index in [-0.39, 0.29) is 18.0 Å². The Kier molecular flexibility index (Phi) is 6.05. The molecule has 2 aromatic rings. The molecular weight excluding hydrogens is 346 g/mol. The van der Waals surface area contributed by atoms with Gasteiger partial charge in [0.15, 0.2) is 0 Å². The average molecular weight is 369 g/mol. The van der Waals surface area contributed by atoms with Gasteiger partial charge in [-0.25, -0.2) is 15.6 Å². The Labute approximate surface area is 158 Å². The van der Waals surface area contributed by atoms with Crippen LogP contribution in [-0.2, 0) is 9.53 Å². The lowest BCUT2D eigenvalue weighted by atomic mass is 10.0. The Bertz CT molecular complexity index is 807. The lowest BCUT2D eigenvalue weighted by Gasteiger charge is -2.12. The van der Waals surface area contributed by atoms with E-state index in [1.807, 2.05) is 31.2 Å². The maximum absolute atomic E-state index is 12.5. The largest absolute Gasteiger partial charge is 0.494 e. The van der Waals surface area contributed by atoms with Crippen LogP contribution >= 0.6 is 0 Å². The van der Waals surface area contributed by atoms with Crippen molar-refractivity contribution in [3.05, 3.63) is 59.7 Å². The minimum atomic E-state index is -0.442. The second kappa shape index (κ2) is 8.66. The number of hydrazine groups is 1. The van der Waals surface area contributed by atoms with Gasteiger partial charge in [-0.15, -0.1) is 0 Å². The molecule has 0 radical (unpaired) electrons. The fourth-order valence-corrected chi connectivity index (χ4v) is 2.98. The lowest BCUT2D eigenvalue weighted by Crippen LogP contribution is -2.39. The summed E-state index contributed by atoms with van der Waals surface area (Å²) in [6, 6.07) is 14.1. The molecule has 7 nitrogen and oxygen atoms in total. The van der Waals surface area contributed by atoms with Crippen LogP contribution in [-0.4, -0.2) is 31.6 Å². The summed E-state index contributed by atoms with van der Waals surface area (Å²) in [5, 5.41) is 2.83. The zero-order valence-corrected chi connectivity index (χ0v) is 15.3. The van der Waals surface area contributed by atoms with Crippen LogP contribution in [0.1, 0.15) is 35.3 Å². The van der Waals surface area contributed by atoms with Crippen molar-refractivity contribution in [3.8, 4) is 5.75 Å². The molecule has 0 aromatic heterocycles. The molecule has 142 valence electrons. The number of rotatable bonds is 6. The highest BCUT2D eigenvalue weighted by atomic mass is 16.5. The van der Waals surface area contributed by atoms with Crippen LogP contribution in [0.5, 0.6) is 5.75 Å². The van der Waals surface area contributed by atoms with Gasteiger partial charge in [0, 0.05) is 11.7 Å². The van der Waals surface area contributed by atoms with Crippen LogP contribution in [0.25, 0.3) is 0 Å². The highest BCUT2D eigenvalue weighted by molar-refractivity contribution is 5.97. The minimum Gasteiger partial charge on any atom is -0.494 e. The first-order valence-corrected chi connectivity index (χ1v) is 8.83. The molecule has 1 fully saturated rings. The molecular formula is C20H23N3O4. The average Bonchev–Trinajstić information content (AvgIpc) is 3.19. The van der Waals surface area contributed by atoms with Gasteiger partial charge in [-0.1, -0.05) is 18.2 Å². The number of benzene rings is 2. The number of carbonyl (C=O) groups is 2. The SMILES string of the molecule is CCOc1ccc(C2CC(C(=O)Nc3cccc(C(=O)OC)c3)NN2)cc1. The van der Waals surface area contributed by atoms with E-state index in [4.69, 9.17) is 9.47 Å². The molecule has 3 rings (SSSR count). The molecule has 7 heteroatoms. The predicted octanol–water partition coefficient (Wildman–Crippen LogP) is 2.42. The molecule has 1 heterocycles. The van der Waals surface area contributed by atoms with E-state index in [9.17, 15) is 9.59 Å². The monoisotopic (exact) mass is 369 g/mol. The topological polar surface area (TPSA) is 88.7 Å². The summed E-state index contributed by atoms with van der Waals surface area (Å²) in [4.78, 5) is 24.1. The van der Waals surface area contributed by atoms with E-state index in [0.29, 0.717) is 24.3 Å². The van der Waals surface area contributed by atoms with E-state index in [1.165, 1.54) is 7.11 Å². The summed E-state index contributed by atoms with van der Waals surface area (Å²) in [6.07, 6.45) is 0.608. The van der Waals surface area contributed by atoms with Crippen molar-refractivity contribution in [2.24, 2.45) is 0 Å². The Morgan fingerprint density at radius 3 is 2.63 bits per heavy atom. The normalized spacial score (nSPS) is 18.7. The molecule has 2 atom stereocenters. The molecule has 27 heavy (non-hydrogen) atoms. The molecule has 1 aliphatic rings. The Balaban J connectivity index is 1.60. The van der Waals surface area contributed by atoms with Gasteiger partial charge in [-0.3, -0.25) is 4.79 Å². The quantitative estimate of drug-likeness (QED) is 0.678. The third kappa shape index (κ3) is 4.64. The zero-order valence-electron chi connectivity index (χ0n) is 15.3. The summed E-state index contributed by atoms with van der Waals surface area (Å²) in [5.41, 5.74) is 8.20. The Morgan fingerprint density at radius 1 is 1.15 bits per heavy atom. The van der Waals surface area contributed by atoms with E-state index in [0.717, 1.165) is 11.3 Å². The number of nitrogens with one attached hydrogen (secondary N) is 3. The number of ether oxygens (including phenoxy) is 2. The molecule has 2 aromatic carbocycles. The van der Waals surface area contributed by atoms with E-state index in [1.54, 1.807) is 24.3 Å². The maximum Gasteiger partial charge on any atom is 0.337 e. The summed E-state index contributed by atoms with van der Waals surface area (Å²) >= 11 is 0. The van der Waals surface area contributed by atoms with Crippen molar-refractivity contribution in [2.45, 2.75) is 25.4 Å². The van der Waals surface area contributed by atoms with Crippen LogP contribution in [0.2, 0.25) is 0 Å². The first kappa shape index (κ1) is 18.9. The molecule has 1 aliphatic heterocycles. The summed E-state index contributed by atoms with van der Waals surface area (Å²) in [6.45, 7) is 2.57. The van der Waals surface area contributed by atoms with Crippen LogP contribution in [0.3, 0.4) is 0 Å². The molecule has 0 spiro atoms. The van der Waals surface area contributed by atoms with Gasteiger partial charge < -0.3 is 14.8 Å². The second-order valence-corrected chi connectivity index (χ2v) is 6.19. The highest BCUT2D eigenvalue weighted by Crippen LogP contribution is 2.25. The van der Waals surface area contributed by atoms with Gasteiger partial charge in [0.05, 0.1) is 19.3 Å². The van der Waals surface area contributed by atoms with Crippen molar-refractivity contribution in [3.63, 3.8) is 0 Å². The summed E-state index contributed by atoms with van der Waals surface area (Å²) in [7, 11) is 1.32. The van der Waals surface area contributed by atoms with E-state index < -0.39 is 5.97 Å². The van der Waals surface area contributed by atoms with Crippen LogP contribution in [0.15, 0.2) is 48.5 Å². The summed E-state index contributed by atoms with van der Waals surface area (Å²) in [5.74, 6) is 0.215. The van der Waals surface area contributed by atoms with Crippen molar-refractivity contribution >= 4 is 17.6 Å². The van der Waals surface area contributed by atoms with Crippen molar-refractivity contribution in [2.75, 3.05) is 19.0 Å². The highest BCUT2D eigenvalue weighted by Gasteiger charge is 2.30. The van der Waals surface area contributed by atoms with Gasteiger partial charge in [-0.2, -0.15) is 0 Å². The molecule has 1 amide bonds.